The summed E-state index contributed by atoms with van der Waals surface area (Å²) in [6, 6.07) is 0.325. The molecular weight excluding hydrogens is 729 g/mol. The van der Waals surface area contributed by atoms with Crippen LogP contribution >= 0.6 is 21.6 Å². The lowest BCUT2D eigenvalue weighted by atomic mass is 9.56. The number of piperidine rings is 1. The number of hydrogen-bond acceptors (Lipinski definition) is 11. The van der Waals surface area contributed by atoms with Crippen molar-refractivity contribution in [2.45, 2.75) is 125 Å². The molecular formula is C40H60N4O8S2+2. The number of quaternary nitrogens is 2. The first-order valence-electron chi connectivity index (χ1n) is 20.5. The molecule has 8 rings (SSSR count). The van der Waals surface area contributed by atoms with Crippen LogP contribution in [0.15, 0.2) is 23.3 Å². The lowest BCUT2D eigenvalue weighted by molar-refractivity contribution is -0.706. The smallest absolute Gasteiger partial charge is 0.334 e. The highest BCUT2D eigenvalue weighted by molar-refractivity contribution is 8.77. The van der Waals surface area contributed by atoms with Gasteiger partial charge in [0.15, 0.2) is 0 Å². The van der Waals surface area contributed by atoms with Crippen LogP contribution in [0.5, 0.6) is 0 Å². The Labute approximate surface area is 326 Å². The molecule has 5 saturated heterocycles. The molecule has 8 aliphatic rings. The van der Waals surface area contributed by atoms with Crippen molar-refractivity contribution in [3.63, 3.8) is 0 Å². The average Bonchev–Trinajstić information content (AvgIpc) is 3.50. The van der Waals surface area contributed by atoms with E-state index >= 15 is 0 Å². The Bertz CT molecular complexity index is 1560. The Kier molecular flexibility index (Phi) is 11.1. The van der Waals surface area contributed by atoms with Gasteiger partial charge >= 0.3 is 11.9 Å². The van der Waals surface area contributed by atoms with Crippen molar-refractivity contribution in [3.05, 3.63) is 23.3 Å². The van der Waals surface area contributed by atoms with Crippen LogP contribution in [0, 0.1) is 41.4 Å². The van der Waals surface area contributed by atoms with Crippen LogP contribution in [0.1, 0.15) is 78.1 Å². The molecule has 3 aliphatic carbocycles. The molecule has 0 aromatic heterocycles. The quantitative estimate of drug-likeness (QED) is 0.0996. The molecule has 15 atom stereocenters. The fraction of sp³-hybridized carbons (Fsp3) is 0.800. The maximum atomic E-state index is 14.5. The number of aliphatic hydroxyl groups excluding tert-OH is 1. The number of amides is 1. The molecule has 2 saturated carbocycles. The molecule has 7 unspecified atom stereocenters. The van der Waals surface area contributed by atoms with Crippen molar-refractivity contribution in [3.8, 4) is 0 Å². The predicted octanol–water partition coefficient (Wildman–Crippen LogP) is 1.07. The fourth-order valence-corrected chi connectivity index (χ4v) is 15.5. The first-order valence-corrected chi connectivity index (χ1v) is 22.9. The van der Waals surface area contributed by atoms with Gasteiger partial charge in [0.05, 0.1) is 37.6 Å². The second-order valence-corrected chi connectivity index (χ2v) is 20.3. The Morgan fingerprint density at radius 2 is 2.02 bits per heavy atom. The lowest BCUT2D eigenvalue weighted by Gasteiger charge is -2.58. The van der Waals surface area contributed by atoms with Crippen molar-refractivity contribution in [1.29, 1.82) is 0 Å². The third kappa shape index (κ3) is 6.61. The number of carbonyl (C=O) groups excluding carboxylic acids is 4. The Balaban J connectivity index is 1.19. The Morgan fingerprint density at radius 1 is 1.19 bits per heavy atom. The van der Waals surface area contributed by atoms with Gasteiger partial charge in [0.25, 0.3) is 0 Å². The summed E-state index contributed by atoms with van der Waals surface area (Å²) < 4.78 is 20.2. The van der Waals surface area contributed by atoms with Gasteiger partial charge in [-0.3, -0.25) is 15.3 Å². The summed E-state index contributed by atoms with van der Waals surface area (Å²) in [6.45, 7) is 5.10. The first kappa shape index (κ1) is 38.9. The summed E-state index contributed by atoms with van der Waals surface area (Å²) in [5.41, 5.74) is 6.57. The van der Waals surface area contributed by atoms with Gasteiger partial charge < -0.3 is 39.6 Å². The van der Waals surface area contributed by atoms with Crippen LogP contribution in [0.3, 0.4) is 0 Å². The van der Waals surface area contributed by atoms with Gasteiger partial charge in [-0.15, -0.1) is 0 Å². The lowest BCUT2D eigenvalue weighted by Crippen LogP contribution is -2.96. The maximum absolute atomic E-state index is 14.5. The van der Waals surface area contributed by atoms with E-state index in [1.54, 1.807) is 13.0 Å². The normalized spacial score (nSPS) is 46.2. The molecule has 12 nitrogen and oxygen atoms in total. The van der Waals surface area contributed by atoms with Crippen LogP contribution in [0.2, 0.25) is 0 Å². The van der Waals surface area contributed by atoms with Gasteiger partial charge in [0, 0.05) is 80.1 Å². The summed E-state index contributed by atoms with van der Waals surface area (Å²) in [5.74, 6) is 0.996. The van der Waals surface area contributed by atoms with Crippen LogP contribution in [-0.2, 0) is 33.4 Å². The molecule has 54 heavy (non-hydrogen) atoms. The standard InChI is InChI=1S/C40H58N4O8S2/c1-4-21(8-10-45)38(49)52-39(2)9-7-23-20-53-54-31-12-26(19-46)36(42-3)28-18-44(37(28)31)33(47)13-25-17-43-32(41)14-27(25)35(23)40(39)16-24-11-22-5-6-34(48)50-29(22)15-30(24)51-40/h4,7,19,22,24-32,35-37,42-43,45H,5-6,8-18,20,41H2,1-3H3/p+2/t22?,24?,25?,26-,27?,28+,29?,30?,31+,32?,35+,36+,37-,39+,40+/m1/s1. The number of rotatable bonds is 6. The summed E-state index contributed by atoms with van der Waals surface area (Å²) in [7, 11) is 5.71. The molecule has 0 aromatic rings. The number of allylic oxidation sites excluding steroid dienone is 1. The highest BCUT2D eigenvalue weighted by atomic mass is 33.1. The molecule has 0 bridgehead atoms. The molecule has 0 radical (unpaired) electrons. The van der Waals surface area contributed by atoms with Crippen LogP contribution in [0.4, 0.5) is 0 Å². The number of aliphatic hydroxyl groups is 1. The first-order chi connectivity index (χ1) is 26.0. The molecule has 1 spiro atoms. The van der Waals surface area contributed by atoms with E-state index in [4.69, 9.17) is 19.9 Å². The van der Waals surface area contributed by atoms with Crippen LogP contribution in [0.25, 0.3) is 0 Å². The summed E-state index contributed by atoms with van der Waals surface area (Å²) >= 11 is 0. The molecule has 5 heterocycles. The summed E-state index contributed by atoms with van der Waals surface area (Å²) in [6.07, 6.45) is 10.7. The number of hydrogen-bond donors (Lipinski definition) is 4. The second kappa shape index (κ2) is 15.4. The molecule has 7 N–H and O–H groups in total. The minimum Gasteiger partial charge on any atom is -0.462 e. The topological polar surface area (TPSA) is 179 Å². The average molecular weight is 789 g/mol. The number of aldehydes is 1. The third-order valence-electron chi connectivity index (χ3n) is 15.0. The monoisotopic (exact) mass is 788 g/mol. The zero-order valence-corrected chi connectivity index (χ0v) is 33.6. The van der Waals surface area contributed by atoms with E-state index in [1.165, 1.54) is 5.57 Å². The van der Waals surface area contributed by atoms with Gasteiger partial charge in [-0.25, -0.2) is 4.79 Å². The summed E-state index contributed by atoms with van der Waals surface area (Å²) in [4.78, 5) is 55.4. The van der Waals surface area contributed by atoms with Crippen molar-refractivity contribution in [2.75, 3.05) is 32.5 Å². The Morgan fingerprint density at radius 3 is 2.78 bits per heavy atom. The number of nitrogens with two attached hydrogens (primary N) is 3. The molecule has 0 aromatic carbocycles. The van der Waals surface area contributed by atoms with Crippen LogP contribution in [-0.4, -0.2) is 114 Å². The fourth-order valence-electron chi connectivity index (χ4n) is 12.4. The minimum atomic E-state index is -1.04. The minimum absolute atomic E-state index is 0.0119. The zero-order valence-electron chi connectivity index (χ0n) is 31.9. The number of ether oxygens (including phenoxy) is 3. The van der Waals surface area contributed by atoms with Crippen molar-refractivity contribution in [1.82, 2.24) is 4.90 Å². The molecule has 5 aliphatic heterocycles. The molecule has 1 amide bonds. The van der Waals surface area contributed by atoms with Gasteiger partial charge in [-0.1, -0.05) is 39.3 Å². The zero-order chi connectivity index (χ0) is 37.9. The van der Waals surface area contributed by atoms with Gasteiger partial charge in [-0.2, -0.15) is 0 Å². The summed E-state index contributed by atoms with van der Waals surface area (Å²) in [5, 5.41) is 14.3. The highest BCUT2D eigenvalue weighted by Crippen LogP contribution is 2.62. The van der Waals surface area contributed by atoms with E-state index in [1.807, 2.05) is 28.5 Å². The van der Waals surface area contributed by atoms with Gasteiger partial charge in [0.2, 0.25) is 5.91 Å². The van der Waals surface area contributed by atoms with Gasteiger partial charge in [-0.05, 0) is 57.3 Å². The molecule has 298 valence electrons. The van der Waals surface area contributed by atoms with E-state index < -0.39 is 17.2 Å². The predicted molar refractivity (Wildman–Crippen MR) is 203 cm³/mol. The molecule has 14 heteroatoms. The van der Waals surface area contributed by atoms with E-state index in [0.717, 1.165) is 37.8 Å². The van der Waals surface area contributed by atoms with E-state index in [-0.39, 0.29) is 96.1 Å². The van der Waals surface area contributed by atoms with Crippen molar-refractivity contribution in [2.24, 2.45) is 47.2 Å². The van der Waals surface area contributed by atoms with E-state index in [0.29, 0.717) is 56.6 Å². The number of carbonyl (C=O) groups is 4. The van der Waals surface area contributed by atoms with E-state index in [9.17, 15) is 24.3 Å². The van der Waals surface area contributed by atoms with Crippen LogP contribution < -0.4 is 16.4 Å². The van der Waals surface area contributed by atoms with E-state index in [2.05, 4.69) is 28.7 Å². The SMILES string of the molecule is CC=C(CCO)C(=O)O[C@@]1(C)CC=C2CSS[C@H]3C[C@H](C=O)[C@H]([NH2+]C)[C@@H]4CN(C(=O)CC5C[NH2+]C(N)CC5[C@H]2[C@@]12CC1CC5CCC(=O)OC5CC1O2)[C@H]43. The largest absolute Gasteiger partial charge is 0.462 e. The van der Waals surface area contributed by atoms with Crippen molar-refractivity contribution >= 4 is 45.7 Å². The Hall–Kier alpha value is -1.94. The number of esters is 2. The van der Waals surface area contributed by atoms with Gasteiger partial charge in [0.1, 0.15) is 35.8 Å². The highest BCUT2D eigenvalue weighted by Gasteiger charge is 2.68. The second-order valence-electron chi connectivity index (χ2n) is 17.7. The number of fused-ring (bicyclic) bond motifs is 6. The molecule has 7 fully saturated rings. The third-order valence-corrected chi connectivity index (χ3v) is 17.9. The maximum Gasteiger partial charge on any atom is 0.334 e. The van der Waals surface area contributed by atoms with Crippen molar-refractivity contribution < 1.29 is 49.1 Å². The number of nitrogens with zero attached hydrogens (tertiary/aromatic N) is 1.